The van der Waals surface area contributed by atoms with E-state index in [0.717, 1.165) is 0 Å². The van der Waals surface area contributed by atoms with Crippen LogP contribution in [0.15, 0.2) is 0 Å². The van der Waals surface area contributed by atoms with E-state index in [9.17, 15) is 10.2 Å². The van der Waals surface area contributed by atoms with Gasteiger partial charge in [-0.25, -0.2) is 0 Å². The van der Waals surface area contributed by atoms with Crippen LogP contribution >= 0.6 is 24.4 Å². The molecule has 0 aliphatic rings. The molecule has 0 aliphatic carbocycles. The third-order valence-electron chi connectivity index (χ3n) is 0.440. The molecule has 7 heteroatoms. The Morgan fingerprint density at radius 2 is 1.27 bits per heavy atom. The fraction of sp³-hybridized carbons (Fsp3) is 0.500. The molecular formula is C4H4Li2O3S2. The van der Waals surface area contributed by atoms with Crippen LogP contribution in [0.1, 0.15) is 0 Å². The maximum atomic E-state index is 9.97. The van der Waals surface area contributed by atoms with Gasteiger partial charge in [0.2, 0.25) is 0 Å². The van der Waals surface area contributed by atoms with E-state index in [0.29, 0.717) is 0 Å². The van der Waals surface area contributed by atoms with Gasteiger partial charge in [0.15, 0.2) is 0 Å². The van der Waals surface area contributed by atoms with Gasteiger partial charge in [-0.1, -0.05) is 0 Å². The molecule has 0 atom stereocenters. The molecule has 0 aromatic carbocycles. The van der Waals surface area contributed by atoms with Gasteiger partial charge in [0.1, 0.15) is 0 Å². The third-order valence-corrected chi connectivity index (χ3v) is 0.676. The molecular weight excluding hydrogens is 174 g/mol. The molecule has 0 aromatic heterocycles. The molecule has 0 radical (unpaired) electrons. The van der Waals surface area contributed by atoms with Crippen molar-refractivity contribution in [3.63, 3.8) is 0 Å². The molecule has 0 spiro atoms. The van der Waals surface area contributed by atoms with Crippen molar-refractivity contribution in [1.29, 1.82) is 0 Å². The first-order valence-electron chi connectivity index (χ1n) is 2.10. The summed E-state index contributed by atoms with van der Waals surface area (Å²) in [6.07, 6.45) is 0. The first-order valence-corrected chi connectivity index (χ1v) is 2.92. The first kappa shape index (κ1) is 17.9. The fourth-order valence-corrected chi connectivity index (χ4v) is 0.384. The fourth-order valence-electron chi connectivity index (χ4n) is 0.218. The summed E-state index contributed by atoms with van der Waals surface area (Å²) in [4.78, 5) is 0. The van der Waals surface area contributed by atoms with Gasteiger partial charge in [-0.3, -0.25) is 0 Å². The van der Waals surface area contributed by atoms with E-state index in [1.807, 2.05) is 0 Å². The Bertz CT molecular complexity index is 117. The molecule has 0 unspecified atom stereocenters. The first-order chi connectivity index (χ1) is 4.13. The molecule has 0 aliphatic heterocycles. The van der Waals surface area contributed by atoms with E-state index in [1.54, 1.807) is 0 Å². The van der Waals surface area contributed by atoms with Crippen LogP contribution in [0.5, 0.6) is 0 Å². The van der Waals surface area contributed by atoms with Crippen molar-refractivity contribution in [3.8, 4) is 0 Å². The summed E-state index contributed by atoms with van der Waals surface area (Å²) < 4.78 is 4.45. The topological polar surface area (TPSA) is 55.3 Å². The predicted octanol–water partition coefficient (Wildman–Crippen LogP) is -7.61. The van der Waals surface area contributed by atoms with Crippen molar-refractivity contribution in [2.24, 2.45) is 0 Å². The summed E-state index contributed by atoms with van der Waals surface area (Å²) in [6, 6.07) is 0. The zero-order valence-electron chi connectivity index (χ0n) is 6.46. The Morgan fingerprint density at radius 3 is 1.45 bits per heavy atom. The van der Waals surface area contributed by atoms with Gasteiger partial charge in [0, 0.05) is 0 Å². The van der Waals surface area contributed by atoms with E-state index >= 15 is 0 Å². The third kappa shape index (κ3) is 18.2. The molecule has 0 fully saturated rings. The summed E-state index contributed by atoms with van der Waals surface area (Å²) in [6.45, 7) is -0.421. The second-order valence-electron chi connectivity index (χ2n) is 1.24. The molecule has 52 valence electrons. The Kier molecular flexibility index (Phi) is 17.8. The number of hydrogen-bond donors (Lipinski definition) is 0. The van der Waals surface area contributed by atoms with Gasteiger partial charge in [-0.05, 0) is 10.1 Å². The Balaban J connectivity index is -0.000000320. The van der Waals surface area contributed by atoms with Crippen LogP contribution in [0.2, 0.25) is 0 Å². The van der Waals surface area contributed by atoms with Crippen LogP contribution in [0.25, 0.3) is 0 Å². The zero-order chi connectivity index (χ0) is 7.28. The molecule has 3 nitrogen and oxygen atoms in total. The summed E-state index contributed by atoms with van der Waals surface area (Å²) in [7, 11) is 0. The minimum atomic E-state index is -0.522. The maximum Gasteiger partial charge on any atom is 1.00 e. The zero-order valence-corrected chi connectivity index (χ0v) is 8.09. The normalized spacial score (nSPS) is 7.27. The predicted molar refractivity (Wildman–Crippen MR) is 36.0 cm³/mol. The molecule has 0 heterocycles. The average molecular weight is 178 g/mol. The van der Waals surface area contributed by atoms with E-state index in [4.69, 9.17) is 0 Å². The monoisotopic (exact) mass is 178 g/mol. The van der Waals surface area contributed by atoms with E-state index < -0.39 is 10.1 Å². The van der Waals surface area contributed by atoms with Gasteiger partial charge in [0.25, 0.3) is 0 Å². The largest absolute Gasteiger partial charge is 1.00 e. The minimum Gasteiger partial charge on any atom is -0.866 e. The molecule has 0 aromatic rings. The Morgan fingerprint density at radius 1 is 1.00 bits per heavy atom. The minimum absolute atomic E-state index is 0. The smallest absolute Gasteiger partial charge is 0.866 e. The van der Waals surface area contributed by atoms with Crippen molar-refractivity contribution in [2.75, 3.05) is 13.2 Å². The van der Waals surface area contributed by atoms with Crippen molar-refractivity contribution in [2.45, 2.75) is 0 Å². The maximum absolute atomic E-state index is 9.97. The molecule has 0 bridgehead atoms. The summed E-state index contributed by atoms with van der Waals surface area (Å²) in [5, 5.41) is 18.9. The van der Waals surface area contributed by atoms with Gasteiger partial charge >= 0.3 is 37.7 Å². The SMILES string of the molecule is [Li+].[Li+].[O-]C(=S)COCC([O-])=S. The molecule has 0 amide bonds. The number of thiocarbonyl (C=S) groups is 2. The van der Waals surface area contributed by atoms with Crippen LogP contribution in [-0.2, 0) is 4.74 Å². The van der Waals surface area contributed by atoms with Crippen LogP contribution in [0.3, 0.4) is 0 Å². The van der Waals surface area contributed by atoms with Crippen molar-refractivity contribution >= 4 is 34.5 Å². The van der Waals surface area contributed by atoms with E-state index in [1.165, 1.54) is 0 Å². The quantitative estimate of drug-likeness (QED) is 0.316. The number of ether oxygens (including phenoxy) is 1. The molecule has 0 rings (SSSR count). The number of hydrogen-bond acceptors (Lipinski definition) is 5. The van der Waals surface area contributed by atoms with Crippen LogP contribution in [-0.4, -0.2) is 23.3 Å². The van der Waals surface area contributed by atoms with Gasteiger partial charge < -0.3 is 14.9 Å². The van der Waals surface area contributed by atoms with Gasteiger partial charge in [-0.2, -0.15) is 0 Å². The Hall–Kier alpha value is 0.935. The van der Waals surface area contributed by atoms with Crippen molar-refractivity contribution in [1.82, 2.24) is 0 Å². The second-order valence-corrected chi connectivity index (χ2v) is 2.15. The molecule has 0 saturated carbocycles. The Labute approximate surface area is 99.8 Å². The molecule has 11 heavy (non-hydrogen) atoms. The van der Waals surface area contributed by atoms with E-state index in [-0.39, 0.29) is 50.9 Å². The standard InChI is InChI=1S/C4H6O3S2.2Li/c5-3(8)1-7-2-4(6)9;;/h1-2H2,(H,5,8)(H,6,9);;/q;2*+1/p-2. The second kappa shape index (κ2) is 10.9. The van der Waals surface area contributed by atoms with E-state index in [2.05, 4.69) is 29.2 Å². The van der Waals surface area contributed by atoms with Crippen LogP contribution in [0.4, 0.5) is 0 Å². The van der Waals surface area contributed by atoms with Gasteiger partial charge in [0.05, 0.1) is 13.2 Å². The summed E-state index contributed by atoms with van der Waals surface area (Å²) in [5.41, 5.74) is 0. The van der Waals surface area contributed by atoms with Crippen LogP contribution in [0, 0.1) is 0 Å². The van der Waals surface area contributed by atoms with Crippen molar-refractivity contribution < 1.29 is 52.7 Å². The summed E-state index contributed by atoms with van der Waals surface area (Å²) in [5.74, 6) is 0. The van der Waals surface area contributed by atoms with Gasteiger partial charge in [-0.15, -0.1) is 24.4 Å². The van der Waals surface area contributed by atoms with Crippen LogP contribution < -0.4 is 47.9 Å². The van der Waals surface area contributed by atoms with Crippen molar-refractivity contribution in [3.05, 3.63) is 0 Å². The molecule has 0 N–H and O–H groups in total. The number of rotatable bonds is 4. The molecule has 0 saturated heterocycles. The summed E-state index contributed by atoms with van der Waals surface area (Å²) >= 11 is 8.24. The average Bonchev–Trinajstić information content (AvgIpc) is 1.63.